The predicted molar refractivity (Wildman–Crippen MR) is 71.9 cm³/mol. The smallest absolute Gasteiger partial charge is 0.0220 e. The fourth-order valence-electron chi connectivity index (χ4n) is 2.84. The minimum absolute atomic E-state index is 0.750. The number of hydrogen-bond acceptors (Lipinski definition) is 2. The summed E-state index contributed by atoms with van der Waals surface area (Å²) in [5.41, 5.74) is 0. The molecule has 0 bridgehead atoms. The van der Waals surface area contributed by atoms with Gasteiger partial charge in [-0.25, -0.2) is 0 Å². The lowest BCUT2D eigenvalue weighted by Gasteiger charge is -2.33. The lowest BCUT2D eigenvalue weighted by Crippen LogP contribution is -2.44. The maximum absolute atomic E-state index is 3.58. The van der Waals surface area contributed by atoms with Crippen molar-refractivity contribution in [3.8, 4) is 0 Å². The van der Waals surface area contributed by atoms with Gasteiger partial charge < -0.3 is 5.32 Å². The van der Waals surface area contributed by atoms with Crippen LogP contribution in [0, 0.1) is 0 Å². The number of hydrogen-bond donors (Lipinski definition) is 1. The standard InChI is InChI=1S/C14H30N2/c1-4-8-14(12-15-11-5-2)16(3)13-9-6-7-10-13/h13-15H,4-12H2,1-3H3. The van der Waals surface area contributed by atoms with Crippen LogP contribution in [0.2, 0.25) is 0 Å². The molecule has 0 amide bonds. The third-order valence-corrected chi connectivity index (χ3v) is 3.91. The van der Waals surface area contributed by atoms with Gasteiger partial charge in [0.05, 0.1) is 0 Å². The van der Waals surface area contributed by atoms with Gasteiger partial charge in [0.2, 0.25) is 0 Å². The summed E-state index contributed by atoms with van der Waals surface area (Å²) in [5, 5.41) is 3.58. The third-order valence-electron chi connectivity index (χ3n) is 3.91. The summed E-state index contributed by atoms with van der Waals surface area (Å²) in [6.07, 6.45) is 9.60. The summed E-state index contributed by atoms with van der Waals surface area (Å²) in [6, 6.07) is 1.61. The van der Waals surface area contributed by atoms with Crippen LogP contribution >= 0.6 is 0 Å². The molecule has 0 heterocycles. The zero-order valence-electron chi connectivity index (χ0n) is 11.5. The van der Waals surface area contributed by atoms with Gasteiger partial charge in [0.15, 0.2) is 0 Å². The Morgan fingerprint density at radius 3 is 2.44 bits per heavy atom. The minimum Gasteiger partial charge on any atom is -0.315 e. The highest BCUT2D eigenvalue weighted by Crippen LogP contribution is 2.24. The monoisotopic (exact) mass is 226 g/mol. The van der Waals surface area contributed by atoms with Crippen molar-refractivity contribution in [1.29, 1.82) is 0 Å². The number of likely N-dealkylation sites (N-methyl/N-ethyl adjacent to an activating group) is 1. The van der Waals surface area contributed by atoms with Crippen molar-refractivity contribution in [1.82, 2.24) is 10.2 Å². The summed E-state index contributed by atoms with van der Waals surface area (Å²) in [4.78, 5) is 2.65. The van der Waals surface area contributed by atoms with Crippen molar-refractivity contribution in [3.63, 3.8) is 0 Å². The van der Waals surface area contributed by atoms with E-state index in [1.807, 2.05) is 0 Å². The summed E-state index contributed by atoms with van der Waals surface area (Å²) in [6.45, 7) is 6.88. The first-order valence-electron chi connectivity index (χ1n) is 7.22. The molecule has 0 saturated heterocycles. The maximum Gasteiger partial charge on any atom is 0.0220 e. The van der Waals surface area contributed by atoms with E-state index in [0.717, 1.165) is 12.1 Å². The van der Waals surface area contributed by atoms with Crippen molar-refractivity contribution in [2.24, 2.45) is 0 Å². The van der Waals surface area contributed by atoms with Gasteiger partial charge in [0.25, 0.3) is 0 Å². The number of nitrogens with zero attached hydrogens (tertiary/aromatic N) is 1. The van der Waals surface area contributed by atoms with Crippen LogP contribution in [0.25, 0.3) is 0 Å². The van der Waals surface area contributed by atoms with E-state index in [1.54, 1.807) is 0 Å². The van der Waals surface area contributed by atoms with E-state index in [0.29, 0.717) is 0 Å². The van der Waals surface area contributed by atoms with Gasteiger partial charge >= 0.3 is 0 Å². The van der Waals surface area contributed by atoms with Crippen LogP contribution in [0.4, 0.5) is 0 Å². The SMILES string of the molecule is CCCNCC(CCC)N(C)C1CCCC1. The molecule has 16 heavy (non-hydrogen) atoms. The van der Waals surface area contributed by atoms with E-state index in [1.165, 1.54) is 58.0 Å². The maximum atomic E-state index is 3.58. The zero-order valence-corrected chi connectivity index (χ0v) is 11.5. The molecule has 1 N–H and O–H groups in total. The van der Waals surface area contributed by atoms with Gasteiger partial charge in [0, 0.05) is 18.6 Å². The number of rotatable bonds is 8. The molecule has 1 aliphatic carbocycles. The van der Waals surface area contributed by atoms with Gasteiger partial charge in [-0.2, -0.15) is 0 Å². The Hall–Kier alpha value is -0.0800. The average Bonchev–Trinajstić information content (AvgIpc) is 2.81. The van der Waals surface area contributed by atoms with Crippen molar-refractivity contribution < 1.29 is 0 Å². The molecule has 1 atom stereocenters. The van der Waals surface area contributed by atoms with Gasteiger partial charge in [-0.05, 0) is 39.3 Å². The molecule has 0 aliphatic heterocycles. The molecular formula is C14H30N2. The Morgan fingerprint density at radius 2 is 1.88 bits per heavy atom. The van der Waals surface area contributed by atoms with Crippen molar-refractivity contribution in [3.05, 3.63) is 0 Å². The first-order valence-corrected chi connectivity index (χ1v) is 7.22. The molecule has 1 unspecified atom stereocenters. The highest BCUT2D eigenvalue weighted by atomic mass is 15.2. The van der Waals surface area contributed by atoms with Crippen LogP contribution in [-0.2, 0) is 0 Å². The van der Waals surface area contributed by atoms with Gasteiger partial charge in [0.1, 0.15) is 0 Å². The Balaban J connectivity index is 2.34. The van der Waals surface area contributed by atoms with E-state index < -0.39 is 0 Å². The second-order valence-electron chi connectivity index (χ2n) is 5.25. The van der Waals surface area contributed by atoms with E-state index in [2.05, 4.69) is 31.1 Å². The average molecular weight is 226 g/mol. The van der Waals surface area contributed by atoms with Crippen LogP contribution in [0.15, 0.2) is 0 Å². The van der Waals surface area contributed by atoms with Crippen molar-refractivity contribution in [2.75, 3.05) is 20.1 Å². The highest BCUT2D eigenvalue weighted by molar-refractivity contribution is 4.81. The van der Waals surface area contributed by atoms with Gasteiger partial charge in [-0.1, -0.05) is 33.1 Å². The molecule has 0 aromatic rings. The van der Waals surface area contributed by atoms with Crippen molar-refractivity contribution >= 4 is 0 Å². The Morgan fingerprint density at radius 1 is 1.19 bits per heavy atom. The quantitative estimate of drug-likeness (QED) is 0.640. The Labute approximate surface area is 102 Å². The minimum atomic E-state index is 0.750. The molecule has 1 saturated carbocycles. The van der Waals surface area contributed by atoms with Gasteiger partial charge in [-0.3, -0.25) is 4.90 Å². The van der Waals surface area contributed by atoms with Crippen LogP contribution < -0.4 is 5.32 Å². The van der Waals surface area contributed by atoms with Crippen LogP contribution in [-0.4, -0.2) is 37.1 Å². The molecule has 1 aliphatic rings. The molecule has 0 aromatic carbocycles. The van der Waals surface area contributed by atoms with E-state index >= 15 is 0 Å². The Kier molecular flexibility index (Phi) is 7.06. The van der Waals surface area contributed by atoms with Crippen LogP contribution in [0.3, 0.4) is 0 Å². The second-order valence-corrected chi connectivity index (χ2v) is 5.25. The van der Waals surface area contributed by atoms with Gasteiger partial charge in [-0.15, -0.1) is 0 Å². The fraction of sp³-hybridized carbons (Fsp3) is 1.00. The molecule has 0 spiro atoms. The van der Waals surface area contributed by atoms with E-state index in [-0.39, 0.29) is 0 Å². The molecule has 0 radical (unpaired) electrons. The van der Waals surface area contributed by atoms with Crippen molar-refractivity contribution in [2.45, 2.75) is 70.9 Å². The molecule has 0 aromatic heterocycles. The van der Waals surface area contributed by atoms with E-state index in [4.69, 9.17) is 0 Å². The third kappa shape index (κ3) is 4.42. The first-order chi connectivity index (χ1) is 7.79. The lowest BCUT2D eigenvalue weighted by atomic mass is 10.1. The normalized spacial score (nSPS) is 19.5. The molecular weight excluding hydrogens is 196 g/mol. The summed E-state index contributed by atoms with van der Waals surface area (Å²) < 4.78 is 0. The summed E-state index contributed by atoms with van der Waals surface area (Å²) >= 11 is 0. The largest absolute Gasteiger partial charge is 0.315 e. The van der Waals surface area contributed by atoms with Crippen LogP contribution in [0.5, 0.6) is 0 Å². The molecule has 2 heteroatoms. The topological polar surface area (TPSA) is 15.3 Å². The summed E-state index contributed by atoms with van der Waals surface area (Å²) in [5.74, 6) is 0. The molecule has 1 rings (SSSR count). The second kappa shape index (κ2) is 8.08. The molecule has 1 fully saturated rings. The zero-order chi connectivity index (χ0) is 11.8. The highest BCUT2D eigenvalue weighted by Gasteiger charge is 2.24. The molecule has 2 nitrogen and oxygen atoms in total. The summed E-state index contributed by atoms with van der Waals surface area (Å²) in [7, 11) is 2.34. The first kappa shape index (κ1) is 14.0. The number of nitrogens with one attached hydrogen (secondary N) is 1. The Bertz CT molecular complexity index is 164. The van der Waals surface area contributed by atoms with Crippen LogP contribution in [0.1, 0.15) is 58.8 Å². The molecule has 96 valence electrons. The van der Waals surface area contributed by atoms with E-state index in [9.17, 15) is 0 Å². The fourth-order valence-corrected chi connectivity index (χ4v) is 2.84. The lowest BCUT2D eigenvalue weighted by molar-refractivity contribution is 0.162. The predicted octanol–water partition coefficient (Wildman–Crippen LogP) is 3.03.